The second-order valence-corrected chi connectivity index (χ2v) is 8.79. The first-order valence-corrected chi connectivity index (χ1v) is 10.8. The summed E-state index contributed by atoms with van der Waals surface area (Å²) in [7, 11) is 0. The summed E-state index contributed by atoms with van der Waals surface area (Å²) < 4.78 is 19.9. The monoisotopic (exact) mass is 381 g/mol. The van der Waals surface area contributed by atoms with Gasteiger partial charge in [-0.05, 0) is 68.8 Å². The molecule has 3 heteroatoms. The minimum absolute atomic E-state index is 0.0394. The summed E-state index contributed by atoms with van der Waals surface area (Å²) in [6.07, 6.45) is 8.01. The van der Waals surface area contributed by atoms with Crippen LogP contribution in [0.2, 0.25) is 0 Å². The highest BCUT2D eigenvalue weighted by Crippen LogP contribution is 2.50. The van der Waals surface area contributed by atoms with E-state index in [0.717, 1.165) is 32.4 Å². The Morgan fingerprint density at radius 1 is 1.00 bits per heavy atom. The molecule has 0 amide bonds. The van der Waals surface area contributed by atoms with E-state index in [1.54, 1.807) is 12.1 Å². The van der Waals surface area contributed by atoms with Gasteiger partial charge in [-0.15, -0.1) is 0 Å². The Kier molecular flexibility index (Phi) is 5.84. The molecule has 1 aliphatic heterocycles. The van der Waals surface area contributed by atoms with Crippen LogP contribution in [0.4, 0.5) is 4.39 Å². The maximum Gasteiger partial charge on any atom is 0.123 e. The second-order valence-electron chi connectivity index (χ2n) is 8.79. The average Bonchev–Trinajstić information content (AvgIpc) is 3.16. The van der Waals surface area contributed by atoms with Crippen molar-refractivity contribution < 1.29 is 9.13 Å². The molecule has 1 spiro atoms. The average molecular weight is 382 g/mol. The highest BCUT2D eigenvalue weighted by atomic mass is 19.1. The second kappa shape index (κ2) is 8.34. The summed E-state index contributed by atoms with van der Waals surface area (Å²) >= 11 is 0. The first-order chi connectivity index (χ1) is 13.6. The summed E-state index contributed by atoms with van der Waals surface area (Å²) in [6.45, 7) is 3.98. The van der Waals surface area contributed by atoms with Crippen molar-refractivity contribution in [3.05, 3.63) is 71.5 Å². The van der Waals surface area contributed by atoms with Gasteiger partial charge in [-0.2, -0.15) is 0 Å². The van der Waals surface area contributed by atoms with Crippen molar-refractivity contribution in [1.82, 2.24) is 5.32 Å². The molecule has 0 unspecified atom stereocenters. The summed E-state index contributed by atoms with van der Waals surface area (Å²) in [4.78, 5) is 0. The summed E-state index contributed by atoms with van der Waals surface area (Å²) in [6, 6.07) is 18.2. The zero-order valence-corrected chi connectivity index (χ0v) is 16.9. The van der Waals surface area contributed by atoms with Crippen LogP contribution in [-0.4, -0.2) is 18.8 Å². The molecule has 0 bridgehead atoms. The van der Waals surface area contributed by atoms with E-state index in [2.05, 4.69) is 42.6 Å². The van der Waals surface area contributed by atoms with E-state index in [1.165, 1.54) is 36.8 Å². The molecule has 4 rings (SSSR count). The molecule has 2 atom stereocenters. The fourth-order valence-corrected chi connectivity index (χ4v) is 5.35. The lowest BCUT2D eigenvalue weighted by atomic mass is 9.66. The molecule has 1 aliphatic carbocycles. The minimum Gasteiger partial charge on any atom is -0.375 e. The summed E-state index contributed by atoms with van der Waals surface area (Å²) in [5.41, 5.74) is 2.70. The quantitative estimate of drug-likeness (QED) is 0.670. The van der Waals surface area contributed by atoms with E-state index in [-0.39, 0.29) is 16.8 Å². The van der Waals surface area contributed by atoms with Gasteiger partial charge in [-0.25, -0.2) is 4.39 Å². The van der Waals surface area contributed by atoms with E-state index >= 15 is 0 Å². The fourth-order valence-electron chi connectivity index (χ4n) is 5.35. The van der Waals surface area contributed by atoms with Crippen molar-refractivity contribution in [2.24, 2.45) is 0 Å². The Morgan fingerprint density at radius 3 is 2.43 bits per heavy atom. The zero-order chi connectivity index (χ0) is 19.5. The van der Waals surface area contributed by atoms with Crippen molar-refractivity contribution in [1.29, 1.82) is 0 Å². The molecule has 2 aromatic rings. The third-order valence-corrected chi connectivity index (χ3v) is 6.97. The standard InChI is InChI=1S/C25H32FNO/c1-20(21-7-3-2-4-8-21)27-17-15-24(22-9-11-23(26)12-10-22)16-18-28-25(19-24)13-5-6-14-25/h2-4,7-12,20,27H,5-6,13-19H2,1H3/t20-,24-/m1/s1. The molecular weight excluding hydrogens is 349 g/mol. The SMILES string of the molecule is C[C@@H](NCC[C@@]1(c2ccc(F)cc2)CCOC2(CCCC2)C1)c1ccccc1. The smallest absolute Gasteiger partial charge is 0.123 e. The molecule has 1 heterocycles. The highest BCUT2D eigenvalue weighted by molar-refractivity contribution is 5.28. The topological polar surface area (TPSA) is 21.3 Å². The van der Waals surface area contributed by atoms with Crippen molar-refractivity contribution in [3.8, 4) is 0 Å². The maximum atomic E-state index is 13.6. The molecule has 1 N–H and O–H groups in total. The number of hydrogen-bond donors (Lipinski definition) is 1. The number of benzene rings is 2. The van der Waals surface area contributed by atoms with Gasteiger partial charge < -0.3 is 10.1 Å². The van der Waals surface area contributed by atoms with Crippen LogP contribution in [0.25, 0.3) is 0 Å². The molecule has 2 aliphatic rings. The van der Waals surface area contributed by atoms with Crippen molar-refractivity contribution in [2.75, 3.05) is 13.2 Å². The molecule has 0 radical (unpaired) electrons. The van der Waals surface area contributed by atoms with E-state index in [9.17, 15) is 4.39 Å². The highest BCUT2D eigenvalue weighted by Gasteiger charge is 2.47. The van der Waals surface area contributed by atoms with Gasteiger partial charge in [0.1, 0.15) is 5.82 Å². The van der Waals surface area contributed by atoms with E-state index in [4.69, 9.17) is 4.74 Å². The molecule has 150 valence electrons. The third-order valence-electron chi connectivity index (χ3n) is 6.97. The predicted molar refractivity (Wildman–Crippen MR) is 112 cm³/mol. The molecule has 2 nitrogen and oxygen atoms in total. The Labute approximate surface area is 168 Å². The van der Waals surface area contributed by atoms with Crippen molar-refractivity contribution in [3.63, 3.8) is 0 Å². The Morgan fingerprint density at radius 2 is 1.71 bits per heavy atom. The predicted octanol–water partition coefficient (Wildman–Crippen LogP) is 5.93. The van der Waals surface area contributed by atoms with Crippen molar-refractivity contribution >= 4 is 0 Å². The van der Waals surface area contributed by atoms with Crippen LogP contribution in [0, 0.1) is 5.82 Å². The Bertz CT molecular complexity index is 754. The molecule has 0 aromatic heterocycles. The number of ether oxygens (including phenoxy) is 1. The van der Waals surface area contributed by atoms with Gasteiger partial charge in [0.15, 0.2) is 0 Å². The number of nitrogens with one attached hydrogen (secondary N) is 1. The molecule has 2 fully saturated rings. The van der Waals surface area contributed by atoms with Crippen LogP contribution in [0.1, 0.15) is 69.0 Å². The normalized spacial score (nSPS) is 25.1. The van der Waals surface area contributed by atoms with E-state index < -0.39 is 0 Å². The van der Waals surface area contributed by atoms with Gasteiger partial charge in [0.25, 0.3) is 0 Å². The lowest BCUT2D eigenvalue weighted by Gasteiger charge is -2.47. The molecular formula is C25H32FNO. The third kappa shape index (κ3) is 4.16. The van der Waals surface area contributed by atoms with Gasteiger partial charge in [0, 0.05) is 18.1 Å². The van der Waals surface area contributed by atoms with E-state index in [1.807, 2.05) is 12.1 Å². The van der Waals surface area contributed by atoms with Crippen LogP contribution >= 0.6 is 0 Å². The van der Waals surface area contributed by atoms with Crippen LogP contribution in [0.15, 0.2) is 54.6 Å². The van der Waals surface area contributed by atoms with Gasteiger partial charge in [-0.1, -0.05) is 55.3 Å². The van der Waals surface area contributed by atoms with Gasteiger partial charge in [0.05, 0.1) is 5.60 Å². The summed E-state index contributed by atoms with van der Waals surface area (Å²) in [5, 5.41) is 3.72. The fraction of sp³-hybridized carbons (Fsp3) is 0.520. The van der Waals surface area contributed by atoms with Crippen LogP contribution in [0.5, 0.6) is 0 Å². The van der Waals surface area contributed by atoms with Crippen molar-refractivity contribution in [2.45, 2.75) is 68.9 Å². The lowest BCUT2D eigenvalue weighted by Crippen LogP contribution is -2.47. The van der Waals surface area contributed by atoms with E-state index in [0.29, 0.717) is 6.04 Å². The number of rotatable bonds is 6. The minimum atomic E-state index is -0.155. The maximum absolute atomic E-state index is 13.6. The Balaban J connectivity index is 1.51. The molecule has 1 saturated carbocycles. The van der Waals surface area contributed by atoms with Crippen LogP contribution < -0.4 is 5.32 Å². The number of hydrogen-bond acceptors (Lipinski definition) is 2. The summed E-state index contributed by atoms with van der Waals surface area (Å²) in [5.74, 6) is -0.155. The molecule has 28 heavy (non-hydrogen) atoms. The zero-order valence-electron chi connectivity index (χ0n) is 16.9. The molecule has 2 aromatic carbocycles. The molecule has 1 saturated heterocycles. The van der Waals surface area contributed by atoms with Gasteiger partial charge in [0.2, 0.25) is 0 Å². The largest absolute Gasteiger partial charge is 0.375 e. The van der Waals surface area contributed by atoms with Gasteiger partial charge in [-0.3, -0.25) is 0 Å². The first-order valence-electron chi connectivity index (χ1n) is 10.8. The Hall–Kier alpha value is -1.71. The lowest BCUT2D eigenvalue weighted by molar-refractivity contribution is -0.103. The van der Waals surface area contributed by atoms with Crippen LogP contribution in [0.3, 0.4) is 0 Å². The number of halogens is 1. The van der Waals surface area contributed by atoms with Gasteiger partial charge >= 0.3 is 0 Å². The van der Waals surface area contributed by atoms with Crippen LogP contribution in [-0.2, 0) is 10.2 Å². The first kappa shape index (κ1) is 19.6.